The second-order valence-electron chi connectivity index (χ2n) is 3.27. The van der Waals surface area contributed by atoms with Crippen molar-refractivity contribution < 1.29 is 8.42 Å². The van der Waals surface area contributed by atoms with Crippen LogP contribution in [0.3, 0.4) is 0 Å². The van der Waals surface area contributed by atoms with E-state index in [1.54, 1.807) is 0 Å². The summed E-state index contributed by atoms with van der Waals surface area (Å²) in [4.78, 5) is -0.0224. The van der Waals surface area contributed by atoms with E-state index in [9.17, 15) is 8.42 Å². The van der Waals surface area contributed by atoms with Crippen LogP contribution in [0.5, 0.6) is 0 Å². The Labute approximate surface area is 110 Å². The molecule has 0 aliphatic rings. The Balaban J connectivity index is 3.21. The highest BCUT2D eigenvalue weighted by atomic mass is 35.5. The fourth-order valence-corrected chi connectivity index (χ4v) is 3.23. The topological polar surface area (TPSA) is 61.2 Å². The zero-order valence-electron chi connectivity index (χ0n) is 9.02. The molecule has 7 heteroatoms. The number of sulfonamides is 1. The van der Waals surface area contributed by atoms with Crippen LogP contribution in [0.2, 0.25) is 5.02 Å². The summed E-state index contributed by atoms with van der Waals surface area (Å²) in [6.07, 6.45) is 0. The molecule has 0 heterocycles. The molecule has 0 amide bonds. The van der Waals surface area contributed by atoms with Gasteiger partial charge >= 0.3 is 0 Å². The molecule has 1 aromatic rings. The number of nitriles is 1. The van der Waals surface area contributed by atoms with Gasteiger partial charge in [0, 0.05) is 19.5 Å². The summed E-state index contributed by atoms with van der Waals surface area (Å²) in [6, 6.07) is 5.94. The van der Waals surface area contributed by atoms with Crippen molar-refractivity contribution in [1.82, 2.24) is 4.31 Å². The highest BCUT2D eigenvalue weighted by Crippen LogP contribution is 2.24. The van der Waals surface area contributed by atoms with Gasteiger partial charge < -0.3 is 0 Å². The Morgan fingerprint density at radius 3 is 2.59 bits per heavy atom. The smallest absolute Gasteiger partial charge is 0.207 e. The van der Waals surface area contributed by atoms with Gasteiger partial charge in [0.2, 0.25) is 10.0 Å². The highest BCUT2D eigenvalue weighted by molar-refractivity contribution is 7.89. The lowest BCUT2D eigenvalue weighted by atomic mass is 10.2. The quantitative estimate of drug-likeness (QED) is 0.798. The van der Waals surface area contributed by atoms with E-state index in [0.29, 0.717) is 5.56 Å². The largest absolute Gasteiger partial charge is 0.244 e. The molecular weight excluding hydrogens is 283 g/mol. The standard InChI is InChI=1S/C10H10Cl2N2O2S/c1-14(5-4-11)17(15,16)10-3-2-8(7-13)6-9(10)12/h2-3,6H,4-5H2,1H3. The molecule has 0 aliphatic carbocycles. The molecule has 1 aromatic carbocycles. The van der Waals surface area contributed by atoms with Gasteiger partial charge in [-0.3, -0.25) is 0 Å². The van der Waals surface area contributed by atoms with Crippen molar-refractivity contribution in [3.05, 3.63) is 28.8 Å². The molecular formula is C10H10Cl2N2O2S. The fraction of sp³-hybridized carbons (Fsp3) is 0.300. The first-order valence-corrected chi connectivity index (χ1v) is 7.00. The van der Waals surface area contributed by atoms with Crippen LogP contribution < -0.4 is 0 Å². The lowest BCUT2D eigenvalue weighted by molar-refractivity contribution is 0.488. The van der Waals surface area contributed by atoms with E-state index >= 15 is 0 Å². The van der Waals surface area contributed by atoms with Crippen LogP contribution in [0.4, 0.5) is 0 Å². The molecule has 0 aromatic heterocycles. The third-order valence-electron chi connectivity index (χ3n) is 2.15. The van der Waals surface area contributed by atoms with E-state index in [2.05, 4.69) is 0 Å². The number of benzene rings is 1. The molecule has 0 bridgehead atoms. The molecule has 0 spiro atoms. The molecule has 0 atom stereocenters. The van der Waals surface area contributed by atoms with Gasteiger partial charge in [-0.1, -0.05) is 11.6 Å². The average molecular weight is 293 g/mol. The summed E-state index contributed by atoms with van der Waals surface area (Å²) in [5.74, 6) is 0.198. The van der Waals surface area contributed by atoms with E-state index in [-0.39, 0.29) is 22.3 Å². The lowest BCUT2D eigenvalue weighted by Gasteiger charge is -2.16. The van der Waals surface area contributed by atoms with Crippen molar-refractivity contribution in [2.75, 3.05) is 19.5 Å². The Kier molecular flexibility index (Phi) is 4.78. The van der Waals surface area contributed by atoms with E-state index in [1.165, 1.54) is 25.2 Å². The first kappa shape index (κ1) is 14.3. The summed E-state index contributed by atoms with van der Waals surface area (Å²) in [7, 11) is -2.23. The lowest BCUT2D eigenvalue weighted by Crippen LogP contribution is -2.28. The van der Waals surface area contributed by atoms with Gasteiger partial charge in [-0.05, 0) is 18.2 Å². The van der Waals surface area contributed by atoms with E-state index in [0.717, 1.165) is 4.31 Å². The van der Waals surface area contributed by atoms with Gasteiger partial charge in [-0.15, -0.1) is 11.6 Å². The number of alkyl halides is 1. The fourth-order valence-electron chi connectivity index (χ4n) is 1.19. The van der Waals surface area contributed by atoms with Crippen LogP contribution in [0, 0.1) is 11.3 Å². The predicted octanol–water partition coefficient (Wildman–Crippen LogP) is 2.07. The summed E-state index contributed by atoms with van der Waals surface area (Å²) < 4.78 is 25.2. The van der Waals surface area contributed by atoms with Crippen molar-refractivity contribution in [2.45, 2.75) is 4.90 Å². The van der Waals surface area contributed by atoms with E-state index < -0.39 is 10.0 Å². The Morgan fingerprint density at radius 1 is 1.47 bits per heavy atom. The number of nitrogens with zero attached hydrogens (tertiary/aromatic N) is 2. The van der Waals surface area contributed by atoms with E-state index in [1.807, 2.05) is 6.07 Å². The molecule has 0 saturated heterocycles. The maximum atomic E-state index is 12.0. The molecule has 0 saturated carbocycles. The zero-order chi connectivity index (χ0) is 13.1. The molecule has 0 N–H and O–H groups in total. The van der Waals surface area contributed by atoms with Crippen LogP contribution in [0.15, 0.2) is 23.1 Å². The molecule has 0 aliphatic heterocycles. The predicted molar refractivity (Wildman–Crippen MR) is 66.7 cm³/mol. The van der Waals surface area contributed by atoms with Crippen LogP contribution >= 0.6 is 23.2 Å². The normalized spacial score (nSPS) is 11.5. The summed E-state index contributed by atoms with van der Waals surface area (Å²) in [6.45, 7) is 0.195. The third kappa shape index (κ3) is 3.11. The Bertz CT molecular complexity index is 552. The van der Waals surface area contributed by atoms with Crippen molar-refractivity contribution in [3.8, 4) is 6.07 Å². The molecule has 4 nitrogen and oxygen atoms in total. The van der Waals surface area contributed by atoms with Crippen LogP contribution in [-0.4, -0.2) is 32.2 Å². The number of rotatable bonds is 4. The molecule has 0 unspecified atom stereocenters. The minimum atomic E-state index is -3.65. The van der Waals surface area contributed by atoms with Crippen molar-refractivity contribution in [1.29, 1.82) is 5.26 Å². The van der Waals surface area contributed by atoms with Gasteiger partial charge in [0.1, 0.15) is 4.90 Å². The molecule has 1 rings (SSSR count). The molecule has 0 fully saturated rings. The summed E-state index contributed by atoms with van der Waals surface area (Å²) >= 11 is 11.3. The first-order valence-electron chi connectivity index (χ1n) is 4.65. The van der Waals surface area contributed by atoms with Crippen molar-refractivity contribution >= 4 is 33.2 Å². The Morgan fingerprint density at radius 2 is 2.12 bits per heavy atom. The molecule has 17 heavy (non-hydrogen) atoms. The van der Waals surface area contributed by atoms with E-state index in [4.69, 9.17) is 28.5 Å². The van der Waals surface area contributed by atoms with Gasteiger partial charge in [-0.2, -0.15) is 9.57 Å². The molecule has 92 valence electrons. The van der Waals surface area contributed by atoms with Gasteiger partial charge in [-0.25, -0.2) is 8.42 Å². The minimum Gasteiger partial charge on any atom is -0.207 e. The highest BCUT2D eigenvalue weighted by Gasteiger charge is 2.23. The number of hydrogen-bond donors (Lipinski definition) is 0. The van der Waals surface area contributed by atoms with Crippen LogP contribution in [0.25, 0.3) is 0 Å². The first-order chi connectivity index (χ1) is 7.93. The maximum absolute atomic E-state index is 12.0. The summed E-state index contributed by atoms with van der Waals surface area (Å²) in [5.41, 5.74) is 0.314. The van der Waals surface area contributed by atoms with Gasteiger partial charge in [0.05, 0.1) is 16.7 Å². The second kappa shape index (κ2) is 5.69. The number of halogens is 2. The monoisotopic (exact) mass is 292 g/mol. The second-order valence-corrected chi connectivity index (χ2v) is 6.07. The number of hydrogen-bond acceptors (Lipinski definition) is 3. The zero-order valence-corrected chi connectivity index (χ0v) is 11.3. The van der Waals surface area contributed by atoms with Crippen LogP contribution in [0.1, 0.15) is 5.56 Å². The SMILES string of the molecule is CN(CCCl)S(=O)(=O)c1ccc(C#N)cc1Cl. The summed E-state index contributed by atoms with van der Waals surface area (Å²) in [5, 5.41) is 8.70. The minimum absolute atomic E-state index is 0.0224. The Hall–Kier alpha value is -0.800. The van der Waals surface area contributed by atoms with Gasteiger partial charge in [0.15, 0.2) is 0 Å². The third-order valence-corrected chi connectivity index (χ3v) is 4.66. The average Bonchev–Trinajstić information content (AvgIpc) is 2.28. The van der Waals surface area contributed by atoms with Crippen molar-refractivity contribution in [2.24, 2.45) is 0 Å². The van der Waals surface area contributed by atoms with Crippen LogP contribution in [-0.2, 0) is 10.0 Å². The molecule has 0 radical (unpaired) electrons. The maximum Gasteiger partial charge on any atom is 0.244 e. The van der Waals surface area contributed by atoms with Crippen molar-refractivity contribution in [3.63, 3.8) is 0 Å². The van der Waals surface area contributed by atoms with Gasteiger partial charge in [0.25, 0.3) is 0 Å².